The van der Waals surface area contributed by atoms with Crippen molar-refractivity contribution in [1.82, 2.24) is 5.32 Å². The number of nitrogens with one attached hydrogen (secondary N) is 2. The number of aliphatic hydroxyl groups is 1. The maximum Gasteiger partial charge on any atom is 0.387 e. The molecular formula is C24H25F3N2O5S. The molecule has 0 radical (unpaired) electrons. The molecule has 2 unspecified atom stereocenters. The Bertz CT molecular complexity index is 1220. The molecule has 35 heavy (non-hydrogen) atoms. The summed E-state index contributed by atoms with van der Waals surface area (Å²) in [7, 11) is -3.64. The summed E-state index contributed by atoms with van der Waals surface area (Å²) < 4.78 is 67.9. The van der Waals surface area contributed by atoms with E-state index < -0.39 is 22.7 Å². The van der Waals surface area contributed by atoms with Gasteiger partial charge < -0.3 is 20.3 Å². The smallest absolute Gasteiger partial charge is 0.387 e. The number of phenolic OH excluding ortho intramolecular Hbond substituents is 1. The topological polar surface area (TPSA) is 108 Å². The summed E-state index contributed by atoms with van der Waals surface area (Å²) in [6, 6.07) is 15.6. The van der Waals surface area contributed by atoms with E-state index in [0.29, 0.717) is 17.5 Å². The van der Waals surface area contributed by atoms with Crippen molar-refractivity contribution in [3.8, 4) is 11.5 Å². The predicted octanol–water partition coefficient (Wildman–Crippen LogP) is 4.11. The first-order chi connectivity index (χ1) is 16.5. The fourth-order valence-electron chi connectivity index (χ4n) is 3.46. The van der Waals surface area contributed by atoms with E-state index >= 15 is 0 Å². The van der Waals surface area contributed by atoms with Gasteiger partial charge in [-0.25, -0.2) is 12.8 Å². The summed E-state index contributed by atoms with van der Waals surface area (Å²) in [5.74, 6) is -0.674. The Morgan fingerprint density at radius 1 is 0.971 bits per heavy atom. The second-order valence-electron chi connectivity index (χ2n) is 7.91. The summed E-state index contributed by atoms with van der Waals surface area (Å²) in [4.78, 5) is 0. The van der Waals surface area contributed by atoms with Gasteiger partial charge in [0.25, 0.3) is 0 Å². The number of sulfonamides is 1. The fourth-order valence-corrected chi connectivity index (χ4v) is 4.02. The number of benzene rings is 3. The minimum absolute atomic E-state index is 0.000633. The summed E-state index contributed by atoms with van der Waals surface area (Å²) in [5, 5.41) is 23.8. The van der Waals surface area contributed by atoms with Gasteiger partial charge in [0.15, 0.2) is 0 Å². The average Bonchev–Trinajstić information content (AvgIpc) is 2.78. The number of aromatic hydroxyl groups is 1. The van der Waals surface area contributed by atoms with E-state index in [0.717, 1.165) is 11.8 Å². The third-order valence-corrected chi connectivity index (χ3v) is 5.71. The molecule has 3 aromatic rings. The summed E-state index contributed by atoms with van der Waals surface area (Å²) in [6.07, 6.45) is 0.265. The van der Waals surface area contributed by atoms with Crippen molar-refractivity contribution < 1.29 is 36.5 Å². The quantitative estimate of drug-likeness (QED) is 0.289. The molecule has 0 heterocycles. The van der Waals surface area contributed by atoms with E-state index in [2.05, 4.69) is 14.8 Å². The fraction of sp³-hybridized carbons (Fsp3) is 0.250. The number of alkyl halides is 2. The lowest BCUT2D eigenvalue weighted by Gasteiger charge is -2.22. The number of phenols is 1. The van der Waals surface area contributed by atoms with Gasteiger partial charge in [0.2, 0.25) is 10.0 Å². The van der Waals surface area contributed by atoms with Crippen LogP contribution >= 0.6 is 0 Å². The SMILES string of the molecule is CS(=O)(=O)Nc1cc(C(O)CNC(Cc2ccc(F)cc2)c2ccc(OC(F)F)cc2)ccc1O. The molecule has 4 N–H and O–H groups in total. The summed E-state index contributed by atoms with van der Waals surface area (Å²) in [6.45, 7) is -2.92. The molecule has 0 amide bonds. The van der Waals surface area contributed by atoms with E-state index in [9.17, 15) is 31.8 Å². The van der Waals surface area contributed by atoms with Gasteiger partial charge in [0.1, 0.15) is 17.3 Å². The van der Waals surface area contributed by atoms with Gasteiger partial charge in [-0.15, -0.1) is 0 Å². The Labute approximate surface area is 201 Å². The molecule has 0 saturated heterocycles. The molecule has 0 aromatic heterocycles. The van der Waals surface area contributed by atoms with E-state index in [-0.39, 0.29) is 35.6 Å². The highest BCUT2D eigenvalue weighted by atomic mass is 32.2. The Balaban J connectivity index is 1.78. The number of halogens is 3. The second-order valence-corrected chi connectivity index (χ2v) is 9.65. The first-order valence-corrected chi connectivity index (χ1v) is 12.4. The number of rotatable bonds is 11. The maximum atomic E-state index is 13.3. The molecule has 0 bridgehead atoms. The highest BCUT2D eigenvalue weighted by molar-refractivity contribution is 7.92. The first-order valence-electron chi connectivity index (χ1n) is 10.5. The molecule has 0 saturated carbocycles. The van der Waals surface area contributed by atoms with Gasteiger partial charge in [-0.3, -0.25) is 4.72 Å². The third-order valence-electron chi connectivity index (χ3n) is 5.12. The van der Waals surface area contributed by atoms with Crippen molar-refractivity contribution in [2.45, 2.75) is 25.2 Å². The molecule has 188 valence electrons. The Hall–Kier alpha value is -3.28. The third kappa shape index (κ3) is 8.16. The number of hydrogen-bond donors (Lipinski definition) is 4. The maximum absolute atomic E-state index is 13.3. The van der Waals surface area contributed by atoms with Crippen molar-refractivity contribution in [2.24, 2.45) is 0 Å². The average molecular weight is 511 g/mol. The molecule has 0 spiro atoms. The van der Waals surface area contributed by atoms with Crippen LogP contribution in [0.3, 0.4) is 0 Å². The van der Waals surface area contributed by atoms with Crippen molar-refractivity contribution in [1.29, 1.82) is 0 Å². The first kappa shape index (κ1) is 26.3. The second kappa shape index (κ2) is 11.4. The van der Waals surface area contributed by atoms with E-state index in [1.165, 1.54) is 42.5 Å². The highest BCUT2D eigenvalue weighted by Crippen LogP contribution is 2.29. The Morgan fingerprint density at radius 3 is 2.20 bits per heavy atom. The highest BCUT2D eigenvalue weighted by Gasteiger charge is 2.18. The molecular weight excluding hydrogens is 485 g/mol. The van der Waals surface area contributed by atoms with Crippen molar-refractivity contribution in [3.63, 3.8) is 0 Å². The number of aliphatic hydroxyl groups excluding tert-OH is 1. The van der Waals surface area contributed by atoms with Crippen LogP contribution in [0.15, 0.2) is 66.7 Å². The molecule has 0 fully saturated rings. The number of ether oxygens (including phenoxy) is 1. The van der Waals surface area contributed by atoms with Crippen LogP contribution in [0.4, 0.5) is 18.9 Å². The van der Waals surface area contributed by atoms with Gasteiger partial charge in [0.05, 0.1) is 18.0 Å². The molecule has 7 nitrogen and oxygen atoms in total. The molecule has 11 heteroatoms. The van der Waals surface area contributed by atoms with Crippen LogP contribution in [0.2, 0.25) is 0 Å². The molecule has 3 aromatic carbocycles. The van der Waals surface area contributed by atoms with Crippen molar-refractivity contribution >= 4 is 15.7 Å². The van der Waals surface area contributed by atoms with Crippen LogP contribution in [-0.2, 0) is 16.4 Å². The van der Waals surface area contributed by atoms with Crippen LogP contribution in [0.25, 0.3) is 0 Å². The van der Waals surface area contributed by atoms with Crippen LogP contribution in [0.1, 0.15) is 28.8 Å². The minimum Gasteiger partial charge on any atom is -0.506 e. The largest absolute Gasteiger partial charge is 0.506 e. The zero-order valence-corrected chi connectivity index (χ0v) is 19.5. The minimum atomic E-state index is -3.64. The van der Waals surface area contributed by atoms with E-state index in [4.69, 9.17) is 0 Å². The standard InChI is InChI=1S/C24H25F3N2O5S/c1-35(32,33)29-21-13-17(6-11-22(21)30)23(31)14-28-20(12-15-2-7-18(25)8-3-15)16-4-9-19(10-5-16)34-24(26)27/h2-11,13,20,23-24,28-31H,12,14H2,1H3. The van der Waals surface area contributed by atoms with E-state index in [1.54, 1.807) is 24.3 Å². The van der Waals surface area contributed by atoms with Gasteiger partial charge in [0, 0.05) is 12.6 Å². The van der Waals surface area contributed by atoms with Crippen molar-refractivity contribution in [2.75, 3.05) is 17.5 Å². The monoisotopic (exact) mass is 510 g/mol. The zero-order chi connectivity index (χ0) is 25.6. The van der Waals surface area contributed by atoms with Gasteiger partial charge >= 0.3 is 6.61 Å². The normalized spacial score (nSPS) is 13.4. The Morgan fingerprint density at radius 2 is 1.60 bits per heavy atom. The van der Waals surface area contributed by atoms with Gasteiger partial charge in [-0.05, 0) is 59.5 Å². The predicted molar refractivity (Wildman–Crippen MR) is 125 cm³/mol. The zero-order valence-electron chi connectivity index (χ0n) is 18.7. The van der Waals surface area contributed by atoms with Crippen LogP contribution in [0, 0.1) is 5.82 Å². The number of hydrogen-bond acceptors (Lipinski definition) is 6. The molecule has 0 aliphatic rings. The lowest BCUT2D eigenvalue weighted by molar-refractivity contribution is -0.0498. The number of anilines is 1. The van der Waals surface area contributed by atoms with Crippen molar-refractivity contribution in [3.05, 3.63) is 89.2 Å². The molecule has 0 aliphatic heterocycles. The van der Waals surface area contributed by atoms with E-state index in [1.807, 2.05) is 0 Å². The van der Waals surface area contributed by atoms with Crippen LogP contribution in [0.5, 0.6) is 11.5 Å². The lowest BCUT2D eigenvalue weighted by atomic mass is 9.98. The van der Waals surface area contributed by atoms with Gasteiger partial charge in [-0.2, -0.15) is 8.78 Å². The van der Waals surface area contributed by atoms with Crippen LogP contribution in [-0.4, -0.2) is 38.0 Å². The van der Waals surface area contributed by atoms with Crippen LogP contribution < -0.4 is 14.8 Å². The lowest BCUT2D eigenvalue weighted by Crippen LogP contribution is -2.28. The summed E-state index contributed by atoms with van der Waals surface area (Å²) >= 11 is 0. The van der Waals surface area contributed by atoms with Gasteiger partial charge in [-0.1, -0.05) is 30.3 Å². The summed E-state index contributed by atoms with van der Waals surface area (Å²) in [5.41, 5.74) is 1.80. The molecule has 2 atom stereocenters. The Kier molecular flexibility index (Phi) is 8.60. The molecule has 3 rings (SSSR count). The molecule has 0 aliphatic carbocycles.